The molecule has 0 spiro atoms. The van der Waals surface area contributed by atoms with E-state index in [1.807, 2.05) is 12.3 Å². The predicted octanol–water partition coefficient (Wildman–Crippen LogP) is -0.137. The van der Waals surface area contributed by atoms with Crippen LogP contribution in [0.3, 0.4) is 0 Å². The van der Waals surface area contributed by atoms with Crippen LogP contribution < -0.4 is 15.8 Å². The summed E-state index contributed by atoms with van der Waals surface area (Å²) in [5.41, 5.74) is 2.51. The lowest BCUT2D eigenvalue weighted by atomic mass is 10.1. The molecule has 0 fully saturated rings. The smallest absolute Gasteiger partial charge is 0.223 e. The van der Waals surface area contributed by atoms with Gasteiger partial charge in [-0.25, -0.2) is 0 Å². The molecule has 0 saturated carbocycles. The van der Waals surface area contributed by atoms with Gasteiger partial charge >= 0.3 is 0 Å². The van der Waals surface area contributed by atoms with Crippen LogP contribution in [0.2, 0.25) is 0 Å². The highest BCUT2D eigenvalue weighted by atomic mass is 16.2. The van der Waals surface area contributed by atoms with Crippen molar-refractivity contribution < 1.29 is 4.79 Å². The molecule has 1 N–H and O–H groups in total. The topological polar surface area (TPSA) is 32.3 Å². The zero-order valence-corrected chi connectivity index (χ0v) is 8.58. The van der Waals surface area contributed by atoms with E-state index >= 15 is 0 Å². The van der Waals surface area contributed by atoms with E-state index in [2.05, 4.69) is 17.4 Å². The molecular weight excluding hydrogens is 188 g/mol. The fourth-order valence-electron chi connectivity index (χ4n) is 2.27. The molecule has 2 heterocycles. The van der Waals surface area contributed by atoms with Gasteiger partial charge in [0.1, 0.15) is 0 Å². The van der Waals surface area contributed by atoms with Gasteiger partial charge in [0, 0.05) is 42.3 Å². The maximum absolute atomic E-state index is 11.3. The molecule has 3 rings (SSSR count). The maximum Gasteiger partial charge on any atom is 0.223 e. The molecule has 1 aromatic rings. The van der Waals surface area contributed by atoms with Crippen LogP contribution in [-0.4, -0.2) is 23.9 Å². The summed E-state index contributed by atoms with van der Waals surface area (Å²) < 4.78 is 0. The summed E-state index contributed by atoms with van der Waals surface area (Å²) in [7, 11) is 0. The minimum absolute atomic E-state index is 0.102. The quantitative estimate of drug-likeness (QED) is 0.632. The van der Waals surface area contributed by atoms with Crippen molar-refractivity contribution in [1.29, 1.82) is 0 Å². The van der Waals surface area contributed by atoms with Crippen LogP contribution in [0.4, 0.5) is 5.69 Å². The third-order valence-electron chi connectivity index (χ3n) is 3.00. The lowest BCUT2D eigenvalue weighted by molar-refractivity contribution is -0.124. The van der Waals surface area contributed by atoms with Crippen LogP contribution in [-0.2, 0) is 4.79 Å². The molecule has 3 nitrogen and oxygen atoms in total. The molecule has 76 valence electrons. The third kappa shape index (κ3) is 1.16. The lowest BCUT2D eigenvalue weighted by Crippen LogP contribution is -2.39. The predicted molar refractivity (Wildman–Crippen MR) is 59.4 cm³/mol. The van der Waals surface area contributed by atoms with Gasteiger partial charge in [-0.2, -0.15) is 0 Å². The second-order valence-electron chi connectivity index (χ2n) is 4.00. The highest BCUT2D eigenvalue weighted by molar-refractivity contribution is 5.82. The summed E-state index contributed by atoms with van der Waals surface area (Å²) in [4.78, 5) is 13.1. The Morgan fingerprint density at radius 3 is 3.13 bits per heavy atom. The van der Waals surface area contributed by atoms with Gasteiger partial charge in [0.05, 0.1) is 0 Å². The maximum atomic E-state index is 11.3. The number of anilines is 1. The van der Waals surface area contributed by atoms with Crippen LogP contribution in [0.15, 0.2) is 18.2 Å². The number of hydrogen-bond donors (Lipinski definition) is 1. The summed E-state index contributed by atoms with van der Waals surface area (Å²) in [6, 6.07) is 6.16. The molecule has 15 heavy (non-hydrogen) atoms. The fourth-order valence-corrected chi connectivity index (χ4v) is 2.27. The summed E-state index contributed by atoms with van der Waals surface area (Å²) >= 11 is 0. The molecular formula is C12H12N2O. The van der Waals surface area contributed by atoms with Crippen LogP contribution in [0.25, 0.3) is 11.8 Å². The van der Waals surface area contributed by atoms with Gasteiger partial charge in [0.2, 0.25) is 5.91 Å². The van der Waals surface area contributed by atoms with E-state index in [1.54, 1.807) is 11.8 Å². The highest BCUT2D eigenvalue weighted by Gasteiger charge is 2.19. The minimum Gasteiger partial charge on any atom is -0.381 e. The molecule has 0 aromatic heterocycles. The minimum atomic E-state index is 0.102. The second-order valence-corrected chi connectivity index (χ2v) is 4.00. The highest BCUT2D eigenvalue weighted by Crippen LogP contribution is 2.12. The van der Waals surface area contributed by atoms with Crippen LogP contribution in [0, 0.1) is 0 Å². The van der Waals surface area contributed by atoms with E-state index in [0.29, 0.717) is 0 Å². The van der Waals surface area contributed by atoms with Crippen LogP contribution in [0.5, 0.6) is 0 Å². The number of nitrogens with zero attached hydrogens (tertiary/aromatic N) is 1. The van der Waals surface area contributed by atoms with Gasteiger partial charge in [-0.05, 0) is 11.6 Å². The first kappa shape index (κ1) is 8.53. The van der Waals surface area contributed by atoms with E-state index in [0.717, 1.165) is 18.3 Å². The molecule has 0 atom stereocenters. The molecule has 0 saturated heterocycles. The van der Waals surface area contributed by atoms with E-state index in [4.69, 9.17) is 0 Å². The molecule has 2 aliphatic heterocycles. The molecule has 1 aromatic carbocycles. The Balaban J connectivity index is 2.29. The van der Waals surface area contributed by atoms with E-state index in [1.165, 1.54) is 16.5 Å². The van der Waals surface area contributed by atoms with Gasteiger partial charge in [0.15, 0.2) is 0 Å². The molecule has 0 bridgehead atoms. The van der Waals surface area contributed by atoms with Gasteiger partial charge in [0.25, 0.3) is 0 Å². The van der Waals surface area contributed by atoms with Crippen LogP contribution >= 0.6 is 0 Å². The number of nitrogens with one attached hydrogen (secondary N) is 1. The number of hydrogen-bond acceptors (Lipinski definition) is 2. The Morgan fingerprint density at radius 2 is 2.33 bits per heavy atom. The first-order valence-electron chi connectivity index (χ1n) is 5.10. The van der Waals surface area contributed by atoms with Crippen molar-refractivity contribution in [3.05, 3.63) is 28.6 Å². The number of benzene rings is 1. The first-order chi connectivity index (χ1) is 7.25. The zero-order chi connectivity index (χ0) is 10.4. The summed E-state index contributed by atoms with van der Waals surface area (Å²) in [5, 5.41) is 5.79. The summed E-state index contributed by atoms with van der Waals surface area (Å²) in [5.74, 6) is 0.102. The van der Waals surface area contributed by atoms with Crippen molar-refractivity contribution in [2.24, 2.45) is 0 Å². The Kier molecular flexibility index (Phi) is 1.63. The van der Waals surface area contributed by atoms with Crippen molar-refractivity contribution in [2.45, 2.75) is 6.92 Å². The molecule has 0 unspecified atom stereocenters. The molecule has 2 aliphatic rings. The van der Waals surface area contributed by atoms with Gasteiger partial charge in [-0.3, -0.25) is 4.79 Å². The number of carbonyl (C=O) groups is 1. The Bertz CT molecular complexity index is 559. The van der Waals surface area contributed by atoms with Crippen molar-refractivity contribution in [3.8, 4) is 0 Å². The zero-order valence-electron chi connectivity index (χ0n) is 8.58. The van der Waals surface area contributed by atoms with Gasteiger partial charge in [-0.1, -0.05) is 12.1 Å². The molecule has 1 amide bonds. The number of rotatable bonds is 0. The number of carbonyl (C=O) groups excluding carboxylic acids is 1. The second kappa shape index (κ2) is 2.86. The Labute approximate surface area is 87.7 Å². The van der Waals surface area contributed by atoms with E-state index in [9.17, 15) is 4.79 Å². The van der Waals surface area contributed by atoms with Crippen molar-refractivity contribution >= 4 is 23.4 Å². The van der Waals surface area contributed by atoms with E-state index in [-0.39, 0.29) is 5.91 Å². The lowest BCUT2D eigenvalue weighted by Gasteiger charge is -2.19. The third-order valence-corrected chi connectivity index (χ3v) is 3.00. The van der Waals surface area contributed by atoms with Crippen molar-refractivity contribution in [3.63, 3.8) is 0 Å². The van der Waals surface area contributed by atoms with Crippen LogP contribution in [0.1, 0.15) is 6.92 Å². The average molecular weight is 200 g/mol. The van der Waals surface area contributed by atoms with Crippen molar-refractivity contribution in [1.82, 2.24) is 4.90 Å². The van der Waals surface area contributed by atoms with Gasteiger partial charge < -0.3 is 10.2 Å². The summed E-state index contributed by atoms with van der Waals surface area (Å²) in [6.45, 7) is 3.20. The molecule has 0 radical (unpaired) electrons. The average Bonchev–Trinajstić information content (AvgIpc) is 2.64. The monoisotopic (exact) mass is 200 g/mol. The normalized spacial score (nSPS) is 16.9. The SMILES string of the molecule is CC(=O)N1C=c2cccc3c2=C(CN3)C1. The standard InChI is InChI=1S/C12H12N2O/c1-8(15)14-6-9-3-2-4-11-12(9)10(7-14)5-13-11/h2-4,6,13H,5,7H2,1H3. The Morgan fingerprint density at radius 1 is 1.47 bits per heavy atom. The Hall–Kier alpha value is -1.77. The largest absolute Gasteiger partial charge is 0.381 e. The van der Waals surface area contributed by atoms with Crippen molar-refractivity contribution in [2.75, 3.05) is 18.4 Å². The first-order valence-corrected chi connectivity index (χ1v) is 5.10. The number of amides is 1. The van der Waals surface area contributed by atoms with E-state index < -0.39 is 0 Å². The van der Waals surface area contributed by atoms with Gasteiger partial charge in [-0.15, -0.1) is 0 Å². The fraction of sp³-hybridized carbons (Fsp3) is 0.250. The summed E-state index contributed by atoms with van der Waals surface area (Å²) in [6.07, 6.45) is 1.94. The molecule has 3 heteroatoms. The molecule has 0 aliphatic carbocycles.